The number of hydrogen-bond acceptors (Lipinski definition) is 1. The molecule has 0 aromatic heterocycles. The van der Waals surface area contributed by atoms with E-state index in [1.165, 1.54) is 11.3 Å². The smallest absolute Gasteiger partial charge is 0.0437 e. The molecular weight excluding hydrogens is 242 g/mol. The largest absolute Gasteiger partial charge is 0.383 e. The SMILES string of the molecule is CC(CCc1ccccc1Cl)Nc1ccccc1. The van der Waals surface area contributed by atoms with Crippen LogP contribution in [0.25, 0.3) is 0 Å². The van der Waals surface area contributed by atoms with Gasteiger partial charge in [0, 0.05) is 16.8 Å². The van der Waals surface area contributed by atoms with Gasteiger partial charge in [0.25, 0.3) is 0 Å². The van der Waals surface area contributed by atoms with Gasteiger partial charge < -0.3 is 5.32 Å². The highest BCUT2D eigenvalue weighted by Gasteiger charge is 2.04. The number of anilines is 1. The van der Waals surface area contributed by atoms with Crippen molar-refractivity contribution in [3.63, 3.8) is 0 Å². The van der Waals surface area contributed by atoms with Crippen LogP contribution in [-0.2, 0) is 6.42 Å². The molecule has 2 rings (SSSR count). The zero-order chi connectivity index (χ0) is 12.8. The molecule has 0 bridgehead atoms. The normalized spacial score (nSPS) is 12.1. The van der Waals surface area contributed by atoms with Crippen LogP contribution in [0, 0.1) is 0 Å². The minimum absolute atomic E-state index is 0.434. The summed E-state index contributed by atoms with van der Waals surface area (Å²) >= 11 is 6.15. The van der Waals surface area contributed by atoms with E-state index in [-0.39, 0.29) is 0 Å². The van der Waals surface area contributed by atoms with E-state index in [9.17, 15) is 0 Å². The summed E-state index contributed by atoms with van der Waals surface area (Å²) in [7, 11) is 0. The molecule has 0 saturated heterocycles. The molecule has 0 fully saturated rings. The molecule has 0 amide bonds. The fraction of sp³-hybridized carbons (Fsp3) is 0.250. The highest BCUT2D eigenvalue weighted by atomic mass is 35.5. The molecule has 0 spiro atoms. The van der Waals surface area contributed by atoms with Crippen molar-refractivity contribution in [3.05, 3.63) is 65.2 Å². The van der Waals surface area contributed by atoms with E-state index in [2.05, 4.69) is 30.4 Å². The second-order valence-electron chi connectivity index (χ2n) is 4.54. The first kappa shape index (κ1) is 13.0. The quantitative estimate of drug-likeness (QED) is 0.815. The predicted octanol–water partition coefficient (Wildman–Crippen LogP) is 4.77. The average Bonchev–Trinajstić information content (AvgIpc) is 2.39. The standard InChI is InChI=1S/C16H18ClN/c1-13(18-15-8-3-2-4-9-15)11-12-14-7-5-6-10-16(14)17/h2-10,13,18H,11-12H2,1H3. The minimum atomic E-state index is 0.434. The first-order valence-corrected chi connectivity index (χ1v) is 6.68. The van der Waals surface area contributed by atoms with Crippen molar-refractivity contribution in [2.75, 3.05) is 5.32 Å². The Labute approximate surface area is 114 Å². The van der Waals surface area contributed by atoms with E-state index in [0.29, 0.717) is 6.04 Å². The van der Waals surface area contributed by atoms with Gasteiger partial charge in [-0.25, -0.2) is 0 Å². The molecule has 2 aromatic rings. The highest BCUT2D eigenvalue weighted by Crippen LogP contribution is 2.18. The van der Waals surface area contributed by atoms with Gasteiger partial charge in [-0.2, -0.15) is 0 Å². The monoisotopic (exact) mass is 259 g/mol. The number of para-hydroxylation sites is 1. The Hall–Kier alpha value is -1.47. The molecule has 94 valence electrons. The molecule has 1 nitrogen and oxygen atoms in total. The lowest BCUT2D eigenvalue weighted by Gasteiger charge is -2.15. The van der Waals surface area contributed by atoms with Gasteiger partial charge in [-0.1, -0.05) is 48.0 Å². The van der Waals surface area contributed by atoms with Crippen molar-refractivity contribution in [2.45, 2.75) is 25.8 Å². The van der Waals surface area contributed by atoms with Crippen LogP contribution in [0.15, 0.2) is 54.6 Å². The van der Waals surface area contributed by atoms with E-state index in [4.69, 9.17) is 11.6 Å². The molecule has 0 aliphatic carbocycles. The number of benzene rings is 2. The topological polar surface area (TPSA) is 12.0 Å². The maximum atomic E-state index is 6.15. The van der Waals surface area contributed by atoms with Gasteiger partial charge in [0.05, 0.1) is 0 Å². The summed E-state index contributed by atoms with van der Waals surface area (Å²) in [5.41, 5.74) is 2.39. The van der Waals surface area contributed by atoms with Gasteiger partial charge >= 0.3 is 0 Å². The second kappa shape index (κ2) is 6.46. The third-order valence-corrected chi connectivity index (χ3v) is 3.36. The number of halogens is 1. The van der Waals surface area contributed by atoms with Crippen LogP contribution in [0.5, 0.6) is 0 Å². The van der Waals surface area contributed by atoms with Crippen LogP contribution < -0.4 is 5.32 Å². The zero-order valence-electron chi connectivity index (χ0n) is 10.6. The van der Waals surface area contributed by atoms with Crippen LogP contribution in [0.4, 0.5) is 5.69 Å². The third-order valence-electron chi connectivity index (χ3n) is 2.99. The maximum absolute atomic E-state index is 6.15. The van der Waals surface area contributed by atoms with Gasteiger partial charge in [0.1, 0.15) is 0 Å². The molecule has 2 heteroatoms. The van der Waals surface area contributed by atoms with Crippen LogP contribution in [0.2, 0.25) is 5.02 Å². The van der Waals surface area contributed by atoms with E-state index >= 15 is 0 Å². The zero-order valence-corrected chi connectivity index (χ0v) is 11.3. The van der Waals surface area contributed by atoms with Crippen LogP contribution >= 0.6 is 11.6 Å². The molecular formula is C16H18ClN. The summed E-state index contributed by atoms with van der Waals surface area (Å²) in [5, 5.41) is 4.35. The van der Waals surface area contributed by atoms with Crippen molar-refractivity contribution in [3.8, 4) is 0 Å². The Balaban J connectivity index is 1.86. The summed E-state index contributed by atoms with van der Waals surface area (Å²) in [6, 6.07) is 18.8. The number of hydrogen-bond donors (Lipinski definition) is 1. The first-order chi connectivity index (χ1) is 8.75. The van der Waals surface area contributed by atoms with Crippen molar-refractivity contribution in [2.24, 2.45) is 0 Å². The van der Waals surface area contributed by atoms with Gasteiger partial charge in [-0.3, -0.25) is 0 Å². The van der Waals surface area contributed by atoms with Crippen molar-refractivity contribution in [1.29, 1.82) is 0 Å². The molecule has 0 radical (unpaired) electrons. The van der Waals surface area contributed by atoms with Crippen molar-refractivity contribution < 1.29 is 0 Å². The van der Waals surface area contributed by atoms with E-state index < -0.39 is 0 Å². The van der Waals surface area contributed by atoms with Gasteiger partial charge in [-0.15, -0.1) is 0 Å². The molecule has 0 saturated carbocycles. The molecule has 2 aromatic carbocycles. The fourth-order valence-corrected chi connectivity index (χ4v) is 2.19. The van der Waals surface area contributed by atoms with Gasteiger partial charge in [0.15, 0.2) is 0 Å². The third kappa shape index (κ3) is 3.78. The fourth-order valence-electron chi connectivity index (χ4n) is 1.96. The van der Waals surface area contributed by atoms with Crippen molar-refractivity contribution >= 4 is 17.3 Å². The Morgan fingerprint density at radius 3 is 2.39 bits per heavy atom. The molecule has 0 aliphatic heterocycles. The Bertz CT molecular complexity index is 481. The number of aryl methyl sites for hydroxylation is 1. The molecule has 1 atom stereocenters. The molecule has 18 heavy (non-hydrogen) atoms. The minimum Gasteiger partial charge on any atom is -0.383 e. The molecule has 0 heterocycles. The number of nitrogens with one attached hydrogen (secondary N) is 1. The lowest BCUT2D eigenvalue weighted by Crippen LogP contribution is -2.15. The molecule has 0 aliphatic rings. The number of rotatable bonds is 5. The van der Waals surface area contributed by atoms with E-state index in [1.54, 1.807) is 0 Å². The van der Waals surface area contributed by atoms with E-state index in [0.717, 1.165) is 17.9 Å². The summed E-state index contributed by atoms with van der Waals surface area (Å²) in [6.07, 6.45) is 2.07. The molecule has 1 N–H and O–H groups in total. The summed E-state index contributed by atoms with van der Waals surface area (Å²) in [5.74, 6) is 0. The Morgan fingerprint density at radius 2 is 1.67 bits per heavy atom. The van der Waals surface area contributed by atoms with Crippen LogP contribution in [-0.4, -0.2) is 6.04 Å². The molecule has 1 unspecified atom stereocenters. The summed E-state index contributed by atoms with van der Waals surface area (Å²) in [6.45, 7) is 2.20. The lowest BCUT2D eigenvalue weighted by atomic mass is 10.1. The van der Waals surface area contributed by atoms with Crippen LogP contribution in [0.1, 0.15) is 18.9 Å². The second-order valence-corrected chi connectivity index (χ2v) is 4.95. The first-order valence-electron chi connectivity index (χ1n) is 6.30. The predicted molar refractivity (Wildman–Crippen MR) is 79.3 cm³/mol. The lowest BCUT2D eigenvalue weighted by molar-refractivity contribution is 0.706. The highest BCUT2D eigenvalue weighted by molar-refractivity contribution is 6.31. The summed E-state index contributed by atoms with van der Waals surface area (Å²) < 4.78 is 0. The van der Waals surface area contributed by atoms with E-state index in [1.807, 2.05) is 36.4 Å². The Morgan fingerprint density at radius 1 is 1.00 bits per heavy atom. The summed E-state index contributed by atoms with van der Waals surface area (Å²) in [4.78, 5) is 0. The van der Waals surface area contributed by atoms with Crippen LogP contribution in [0.3, 0.4) is 0 Å². The Kier molecular flexibility index (Phi) is 4.66. The van der Waals surface area contributed by atoms with Crippen molar-refractivity contribution in [1.82, 2.24) is 0 Å². The average molecular weight is 260 g/mol. The van der Waals surface area contributed by atoms with Gasteiger partial charge in [-0.05, 0) is 43.5 Å². The van der Waals surface area contributed by atoms with Gasteiger partial charge in [0.2, 0.25) is 0 Å². The maximum Gasteiger partial charge on any atom is 0.0437 e.